The van der Waals surface area contributed by atoms with Crippen LogP contribution in [-0.4, -0.2) is 76.4 Å². The third kappa shape index (κ3) is 5.62. The van der Waals surface area contributed by atoms with Gasteiger partial charge in [0.2, 0.25) is 5.91 Å². The van der Waals surface area contributed by atoms with E-state index in [-0.39, 0.29) is 24.3 Å². The molecule has 30 heavy (non-hydrogen) atoms. The molecule has 2 atom stereocenters. The van der Waals surface area contributed by atoms with E-state index in [1.54, 1.807) is 27.6 Å². The van der Waals surface area contributed by atoms with E-state index in [1.807, 2.05) is 35.2 Å². The summed E-state index contributed by atoms with van der Waals surface area (Å²) in [5, 5.41) is 0. The van der Waals surface area contributed by atoms with E-state index in [2.05, 4.69) is 11.0 Å². The highest BCUT2D eigenvalue weighted by molar-refractivity contribution is 5.77. The van der Waals surface area contributed by atoms with E-state index in [4.69, 9.17) is 18.6 Å². The molecule has 1 amide bonds. The van der Waals surface area contributed by atoms with E-state index in [0.717, 1.165) is 31.1 Å². The van der Waals surface area contributed by atoms with Crippen LogP contribution in [0.25, 0.3) is 0 Å². The van der Waals surface area contributed by atoms with Gasteiger partial charge in [0.25, 0.3) is 0 Å². The standard InChI is InChI=1S/C23H32N2O5/c1-27-12-10-25(23(26)17-28-2)14-18-13-24(15-19-7-6-11-30-19)16-21(18)20-8-4-5-9-22(20)29-3/h4-9,11,18,21H,10,12-17H2,1-3H3. The number of carbonyl (C=O) groups is 1. The second kappa shape index (κ2) is 11.2. The van der Waals surface area contributed by atoms with Crippen molar-refractivity contribution in [1.82, 2.24) is 9.80 Å². The van der Waals surface area contributed by atoms with Gasteiger partial charge >= 0.3 is 0 Å². The summed E-state index contributed by atoms with van der Waals surface area (Å²) < 4.78 is 21.5. The summed E-state index contributed by atoms with van der Waals surface area (Å²) in [4.78, 5) is 16.9. The quantitative estimate of drug-likeness (QED) is 0.561. The first kappa shape index (κ1) is 22.3. The molecule has 0 radical (unpaired) electrons. The first-order chi connectivity index (χ1) is 14.7. The molecule has 3 rings (SSSR count). The molecule has 0 saturated carbocycles. The van der Waals surface area contributed by atoms with Crippen LogP contribution >= 0.6 is 0 Å². The summed E-state index contributed by atoms with van der Waals surface area (Å²) in [6.45, 7) is 4.26. The summed E-state index contributed by atoms with van der Waals surface area (Å²) >= 11 is 0. The highest BCUT2D eigenvalue weighted by atomic mass is 16.5. The van der Waals surface area contributed by atoms with Gasteiger partial charge in [0.15, 0.2) is 0 Å². The van der Waals surface area contributed by atoms with Crippen molar-refractivity contribution >= 4 is 5.91 Å². The zero-order chi connectivity index (χ0) is 21.3. The Bertz CT molecular complexity index is 780. The maximum absolute atomic E-state index is 12.6. The number of hydrogen-bond acceptors (Lipinski definition) is 6. The van der Waals surface area contributed by atoms with Crippen LogP contribution in [-0.2, 0) is 20.8 Å². The monoisotopic (exact) mass is 416 g/mol. The van der Waals surface area contributed by atoms with Gasteiger partial charge in [-0.05, 0) is 29.7 Å². The fraction of sp³-hybridized carbons (Fsp3) is 0.522. The molecule has 1 aliphatic heterocycles. The number of benzene rings is 1. The number of rotatable bonds is 11. The lowest BCUT2D eigenvalue weighted by atomic mass is 9.88. The minimum atomic E-state index is -0.0159. The lowest BCUT2D eigenvalue weighted by Gasteiger charge is -2.28. The molecule has 2 aromatic rings. The topological polar surface area (TPSA) is 64.4 Å². The minimum absolute atomic E-state index is 0.0159. The molecule has 2 heterocycles. The molecule has 0 spiro atoms. The summed E-state index contributed by atoms with van der Waals surface area (Å²) in [5.41, 5.74) is 1.18. The van der Waals surface area contributed by atoms with Gasteiger partial charge in [0, 0.05) is 46.3 Å². The fourth-order valence-corrected chi connectivity index (χ4v) is 4.24. The van der Waals surface area contributed by atoms with E-state index in [0.29, 0.717) is 19.7 Å². The van der Waals surface area contributed by atoms with Crippen molar-refractivity contribution in [1.29, 1.82) is 0 Å². The molecular weight excluding hydrogens is 384 g/mol. The number of hydrogen-bond donors (Lipinski definition) is 0. The molecule has 2 unspecified atom stereocenters. The maximum atomic E-state index is 12.6. The molecule has 7 heteroatoms. The highest BCUT2D eigenvalue weighted by Gasteiger charge is 2.37. The normalized spacial score (nSPS) is 19.2. The fourth-order valence-electron chi connectivity index (χ4n) is 4.24. The summed E-state index contributed by atoms with van der Waals surface area (Å²) in [5.74, 6) is 2.32. The molecule has 1 aromatic carbocycles. The maximum Gasteiger partial charge on any atom is 0.248 e. The van der Waals surface area contributed by atoms with Gasteiger partial charge in [0.1, 0.15) is 18.1 Å². The molecule has 0 bridgehead atoms. The van der Waals surface area contributed by atoms with Crippen molar-refractivity contribution in [3.63, 3.8) is 0 Å². The number of amides is 1. The van der Waals surface area contributed by atoms with E-state index < -0.39 is 0 Å². The zero-order valence-corrected chi connectivity index (χ0v) is 18.1. The predicted octanol–water partition coefficient (Wildman–Crippen LogP) is 2.63. The molecule has 0 aliphatic carbocycles. The second-order valence-electron chi connectivity index (χ2n) is 7.65. The third-order valence-electron chi connectivity index (χ3n) is 5.66. The number of furan rings is 1. The molecule has 164 valence electrons. The van der Waals surface area contributed by atoms with Gasteiger partial charge in [0.05, 0.1) is 26.5 Å². The Morgan fingerprint density at radius 1 is 1.13 bits per heavy atom. The van der Waals surface area contributed by atoms with E-state index in [9.17, 15) is 4.79 Å². The van der Waals surface area contributed by atoms with Crippen molar-refractivity contribution in [2.75, 3.05) is 60.7 Å². The number of para-hydroxylation sites is 1. The largest absolute Gasteiger partial charge is 0.496 e. The van der Waals surface area contributed by atoms with Crippen LogP contribution in [0.1, 0.15) is 17.2 Å². The lowest BCUT2D eigenvalue weighted by molar-refractivity contribution is -0.136. The third-order valence-corrected chi connectivity index (χ3v) is 5.66. The van der Waals surface area contributed by atoms with E-state index in [1.165, 1.54) is 5.56 Å². The lowest BCUT2D eigenvalue weighted by Crippen LogP contribution is -2.41. The van der Waals surface area contributed by atoms with Crippen LogP contribution in [0.15, 0.2) is 47.1 Å². The first-order valence-electron chi connectivity index (χ1n) is 10.3. The van der Waals surface area contributed by atoms with Gasteiger partial charge in [-0.15, -0.1) is 0 Å². The smallest absolute Gasteiger partial charge is 0.248 e. The van der Waals surface area contributed by atoms with Gasteiger partial charge in [-0.25, -0.2) is 0 Å². The summed E-state index contributed by atoms with van der Waals surface area (Å²) in [6, 6.07) is 12.1. The Hall–Kier alpha value is -2.35. The number of methoxy groups -OCH3 is 3. The van der Waals surface area contributed by atoms with Crippen molar-refractivity contribution in [2.24, 2.45) is 5.92 Å². The van der Waals surface area contributed by atoms with Gasteiger partial charge in [-0.2, -0.15) is 0 Å². The Morgan fingerprint density at radius 2 is 1.97 bits per heavy atom. The molecule has 1 aromatic heterocycles. The first-order valence-corrected chi connectivity index (χ1v) is 10.3. The summed E-state index contributed by atoms with van der Waals surface area (Å²) in [7, 11) is 4.90. The van der Waals surface area contributed by atoms with Crippen molar-refractivity contribution in [3.8, 4) is 5.75 Å². The summed E-state index contributed by atoms with van der Waals surface area (Å²) in [6.07, 6.45) is 1.70. The average molecular weight is 417 g/mol. The number of carbonyl (C=O) groups excluding carboxylic acids is 1. The van der Waals surface area contributed by atoms with Crippen LogP contribution in [0.5, 0.6) is 5.75 Å². The Morgan fingerprint density at radius 3 is 2.67 bits per heavy atom. The molecule has 7 nitrogen and oxygen atoms in total. The van der Waals surface area contributed by atoms with Crippen molar-refractivity contribution < 1.29 is 23.4 Å². The molecule has 1 saturated heterocycles. The Kier molecular flexibility index (Phi) is 8.30. The van der Waals surface area contributed by atoms with Crippen LogP contribution in [0.4, 0.5) is 0 Å². The molecular formula is C23H32N2O5. The number of likely N-dealkylation sites (tertiary alicyclic amines) is 1. The van der Waals surface area contributed by atoms with Crippen molar-refractivity contribution in [2.45, 2.75) is 12.5 Å². The van der Waals surface area contributed by atoms with Crippen LogP contribution in [0.3, 0.4) is 0 Å². The SMILES string of the molecule is COCCN(CC1CN(Cc2ccco2)CC1c1ccccc1OC)C(=O)COC. The highest BCUT2D eigenvalue weighted by Crippen LogP contribution is 2.38. The molecule has 1 aliphatic rings. The van der Waals surface area contributed by atoms with Gasteiger partial charge in [-0.1, -0.05) is 18.2 Å². The molecule has 0 N–H and O–H groups in total. The number of ether oxygens (including phenoxy) is 3. The minimum Gasteiger partial charge on any atom is -0.496 e. The van der Waals surface area contributed by atoms with Gasteiger partial charge in [-0.3, -0.25) is 9.69 Å². The van der Waals surface area contributed by atoms with Gasteiger partial charge < -0.3 is 23.5 Å². The van der Waals surface area contributed by atoms with Crippen LogP contribution in [0, 0.1) is 5.92 Å². The van der Waals surface area contributed by atoms with Crippen LogP contribution in [0.2, 0.25) is 0 Å². The number of nitrogens with zero attached hydrogens (tertiary/aromatic N) is 2. The second-order valence-corrected chi connectivity index (χ2v) is 7.65. The van der Waals surface area contributed by atoms with Crippen LogP contribution < -0.4 is 4.74 Å². The van der Waals surface area contributed by atoms with E-state index >= 15 is 0 Å². The average Bonchev–Trinajstić information content (AvgIpc) is 3.41. The Balaban J connectivity index is 1.81. The van der Waals surface area contributed by atoms with Crippen molar-refractivity contribution in [3.05, 3.63) is 54.0 Å². The zero-order valence-electron chi connectivity index (χ0n) is 18.1. The molecule has 1 fully saturated rings. The Labute approximate surface area is 178 Å². The predicted molar refractivity (Wildman–Crippen MR) is 114 cm³/mol.